The van der Waals surface area contributed by atoms with Crippen LogP contribution >= 0.6 is 0 Å². The monoisotopic (exact) mass is 410 g/mol. The minimum atomic E-state index is -0.300. The molecule has 1 N–H and O–H groups in total. The second-order valence-corrected chi connectivity index (χ2v) is 6.96. The van der Waals surface area contributed by atoms with Crippen LogP contribution in [0.5, 0.6) is 11.5 Å². The lowest BCUT2D eigenvalue weighted by Crippen LogP contribution is -2.26. The fourth-order valence-electron chi connectivity index (χ4n) is 3.38. The molecule has 1 aliphatic rings. The van der Waals surface area contributed by atoms with Crippen LogP contribution in [0.1, 0.15) is 46.5 Å². The summed E-state index contributed by atoms with van der Waals surface area (Å²) in [5.74, 6) is 0.747. The van der Waals surface area contributed by atoms with Crippen molar-refractivity contribution in [3.63, 3.8) is 0 Å². The summed E-state index contributed by atoms with van der Waals surface area (Å²) in [6.45, 7) is 4.90. The normalized spacial score (nSPS) is 12.5. The molecule has 0 fully saturated rings. The Morgan fingerprint density at radius 2 is 1.67 bits per heavy atom. The van der Waals surface area contributed by atoms with Crippen molar-refractivity contribution in [3.8, 4) is 11.5 Å². The van der Waals surface area contributed by atoms with Gasteiger partial charge < -0.3 is 19.7 Å². The first kappa shape index (κ1) is 21.4. The molecule has 7 heteroatoms. The van der Waals surface area contributed by atoms with E-state index in [-0.39, 0.29) is 30.6 Å². The average Bonchev–Trinajstić information content (AvgIpc) is 3.01. The molecule has 7 nitrogen and oxygen atoms in total. The van der Waals surface area contributed by atoms with Crippen molar-refractivity contribution in [2.24, 2.45) is 0 Å². The van der Waals surface area contributed by atoms with Gasteiger partial charge in [0.15, 0.2) is 5.78 Å². The number of hydrogen-bond donors (Lipinski definition) is 1. The maximum atomic E-state index is 12.5. The van der Waals surface area contributed by atoms with E-state index in [4.69, 9.17) is 9.47 Å². The van der Waals surface area contributed by atoms with Crippen LogP contribution in [0.15, 0.2) is 36.4 Å². The quantitative estimate of drug-likeness (QED) is 0.643. The zero-order valence-electron chi connectivity index (χ0n) is 17.5. The van der Waals surface area contributed by atoms with Crippen molar-refractivity contribution in [2.75, 3.05) is 31.7 Å². The molecule has 0 unspecified atom stereocenters. The molecule has 0 saturated carbocycles. The predicted molar refractivity (Wildman–Crippen MR) is 114 cm³/mol. The number of carbonyl (C=O) groups excluding carboxylic acids is 3. The highest BCUT2D eigenvalue weighted by Gasteiger charge is 2.24. The smallest absolute Gasteiger partial charge is 0.251 e. The SMILES string of the molecule is CCOc1cc(OCC)cc(C(=O)NCCC(=O)c2ccc3c(c2)CC(=O)N3C)c1. The van der Waals surface area contributed by atoms with Gasteiger partial charge in [-0.1, -0.05) is 0 Å². The summed E-state index contributed by atoms with van der Waals surface area (Å²) in [7, 11) is 1.72. The fraction of sp³-hybridized carbons (Fsp3) is 0.348. The number of ether oxygens (including phenoxy) is 2. The molecule has 2 aromatic rings. The second kappa shape index (κ2) is 9.43. The van der Waals surface area contributed by atoms with E-state index >= 15 is 0 Å². The molecule has 0 atom stereocenters. The molecular weight excluding hydrogens is 384 g/mol. The van der Waals surface area contributed by atoms with E-state index in [1.807, 2.05) is 13.8 Å². The van der Waals surface area contributed by atoms with E-state index in [2.05, 4.69) is 5.32 Å². The lowest BCUT2D eigenvalue weighted by Gasteiger charge is -2.11. The minimum Gasteiger partial charge on any atom is -0.494 e. The van der Waals surface area contributed by atoms with E-state index in [0.29, 0.717) is 42.3 Å². The van der Waals surface area contributed by atoms with E-state index in [1.165, 1.54) is 0 Å². The summed E-state index contributed by atoms with van der Waals surface area (Å²) in [6.07, 6.45) is 0.472. The summed E-state index contributed by atoms with van der Waals surface area (Å²) in [4.78, 5) is 38.4. The molecule has 0 saturated heterocycles. The first-order valence-corrected chi connectivity index (χ1v) is 10.0. The summed E-state index contributed by atoms with van der Waals surface area (Å²) in [5, 5.41) is 2.77. The van der Waals surface area contributed by atoms with Crippen molar-refractivity contribution in [1.82, 2.24) is 5.32 Å². The van der Waals surface area contributed by atoms with E-state index in [0.717, 1.165) is 11.3 Å². The molecule has 158 valence electrons. The van der Waals surface area contributed by atoms with Gasteiger partial charge in [-0.3, -0.25) is 14.4 Å². The van der Waals surface area contributed by atoms with Crippen LogP contribution < -0.4 is 19.7 Å². The largest absolute Gasteiger partial charge is 0.494 e. The molecule has 0 aliphatic carbocycles. The molecule has 0 spiro atoms. The Balaban J connectivity index is 1.60. The number of hydrogen-bond acceptors (Lipinski definition) is 5. The van der Waals surface area contributed by atoms with Crippen molar-refractivity contribution < 1.29 is 23.9 Å². The first-order valence-electron chi connectivity index (χ1n) is 10.0. The summed E-state index contributed by atoms with van der Waals surface area (Å²) in [5.41, 5.74) is 2.65. The lowest BCUT2D eigenvalue weighted by molar-refractivity contribution is -0.117. The number of ketones is 1. The molecule has 1 heterocycles. The van der Waals surface area contributed by atoms with Crippen LogP contribution in [0.25, 0.3) is 0 Å². The van der Waals surface area contributed by atoms with Gasteiger partial charge in [-0.15, -0.1) is 0 Å². The Bertz CT molecular complexity index is 946. The number of fused-ring (bicyclic) bond motifs is 1. The molecule has 2 amide bonds. The van der Waals surface area contributed by atoms with Gasteiger partial charge in [-0.25, -0.2) is 0 Å². The molecule has 2 aromatic carbocycles. The number of anilines is 1. The van der Waals surface area contributed by atoms with Gasteiger partial charge in [0.25, 0.3) is 5.91 Å². The van der Waals surface area contributed by atoms with Gasteiger partial charge in [0.1, 0.15) is 11.5 Å². The standard InChI is InChI=1S/C23H26N2O5/c1-4-29-18-11-17(12-19(14-18)30-5-2)23(28)24-9-8-21(26)15-6-7-20-16(10-15)13-22(27)25(20)3/h6-7,10-12,14H,4-5,8-9,13H2,1-3H3,(H,24,28). The number of nitrogens with one attached hydrogen (secondary N) is 1. The maximum Gasteiger partial charge on any atom is 0.251 e. The highest BCUT2D eigenvalue weighted by Crippen LogP contribution is 2.28. The predicted octanol–water partition coefficient (Wildman–Crippen LogP) is 3.01. The fourth-order valence-corrected chi connectivity index (χ4v) is 3.38. The topological polar surface area (TPSA) is 84.9 Å². The number of rotatable bonds is 9. The van der Waals surface area contributed by atoms with Crippen LogP contribution in [0, 0.1) is 0 Å². The zero-order valence-corrected chi connectivity index (χ0v) is 17.5. The molecule has 0 radical (unpaired) electrons. The van der Waals surface area contributed by atoms with Crippen molar-refractivity contribution >= 4 is 23.3 Å². The highest BCUT2D eigenvalue weighted by atomic mass is 16.5. The van der Waals surface area contributed by atoms with Gasteiger partial charge >= 0.3 is 0 Å². The summed E-state index contributed by atoms with van der Waals surface area (Å²) >= 11 is 0. The van der Waals surface area contributed by atoms with Crippen LogP contribution in [0.2, 0.25) is 0 Å². The van der Waals surface area contributed by atoms with Gasteiger partial charge in [0.2, 0.25) is 5.91 Å². The number of Topliss-reactive ketones (excluding diaryl/α,β-unsaturated/α-hetero) is 1. The Labute approximate surface area is 176 Å². The number of nitrogens with zero attached hydrogens (tertiary/aromatic N) is 1. The van der Waals surface area contributed by atoms with Gasteiger partial charge in [-0.2, -0.15) is 0 Å². The van der Waals surface area contributed by atoms with Crippen LogP contribution in [-0.4, -0.2) is 44.4 Å². The Morgan fingerprint density at radius 1 is 1.00 bits per heavy atom. The number of carbonyl (C=O) groups is 3. The van der Waals surface area contributed by atoms with Crippen LogP contribution in [-0.2, 0) is 11.2 Å². The molecule has 0 bridgehead atoms. The maximum absolute atomic E-state index is 12.5. The zero-order chi connectivity index (χ0) is 21.7. The molecular formula is C23H26N2O5. The third kappa shape index (κ3) is 4.79. The summed E-state index contributed by atoms with van der Waals surface area (Å²) in [6, 6.07) is 10.3. The third-order valence-electron chi connectivity index (χ3n) is 4.88. The van der Waals surface area contributed by atoms with Crippen molar-refractivity contribution in [3.05, 3.63) is 53.1 Å². The van der Waals surface area contributed by atoms with E-state index < -0.39 is 0 Å². The number of amides is 2. The van der Waals surface area contributed by atoms with Gasteiger partial charge in [0.05, 0.1) is 19.6 Å². The van der Waals surface area contributed by atoms with Crippen LogP contribution in [0.4, 0.5) is 5.69 Å². The average molecular weight is 410 g/mol. The second-order valence-electron chi connectivity index (χ2n) is 6.96. The lowest BCUT2D eigenvalue weighted by atomic mass is 10.0. The molecule has 1 aliphatic heterocycles. The third-order valence-corrected chi connectivity index (χ3v) is 4.88. The molecule has 3 rings (SSSR count). The van der Waals surface area contributed by atoms with Crippen molar-refractivity contribution in [1.29, 1.82) is 0 Å². The Kier molecular flexibility index (Phi) is 6.72. The van der Waals surface area contributed by atoms with Gasteiger partial charge in [-0.05, 0) is 49.7 Å². The van der Waals surface area contributed by atoms with E-state index in [1.54, 1.807) is 48.3 Å². The number of likely N-dealkylation sites (N-methyl/N-ethyl adjacent to an activating group) is 1. The highest BCUT2D eigenvalue weighted by molar-refractivity contribution is 6.03. The van der Waals surface area contributed by atoms with Crippen LogP contribution in [0.3, 0.4) is 0 Å². The molecule has 30 heavy (non-hydrogen) atoms. The number of benzene rings is 2. The summed E-state index contributed by atoms with van der Waals surface area (Å²) < 4.78 is 11.0. The Morgan fingerprint density at radius 3 is 2.30 bits per heavy atom. The van der Waals surface area contributed by atoms with Crippen molar-refractivity contribution in [2.45, 2.75) is 26.7 Å². The first-order chi connectivity index (χ1) is 14.4. The van der Waals surface area contributed by atoms with E-state index in [9.17, 15) is 14.4 Å². The Hall–Kier alpha value is -3.35. The minimum absolute atomic E-state index is 0.0163. The van der Waals surface area contributed by atoms with Gasteiger partial charge in [0, 0.05) is 42.9 Å². The molecule has 0 aromatic heterocycles.